The standard InChI is InChI=1S/C20H26N2O3S/c1-5-24-16-8-6-15(7-9-16)21-19-22-17(12-26-19)20(4)11-14(10-13(2)3)18(23)25-20/h6-9,12-14H,5,10-11H2,1-4H3,(H,21,22). The van der Waals surface area contributed by atoms with Gasteiger partial charge in [-0.05, 0) is 50.5 Å². The molecule has 0 radical (unpaired) electrons. The second-order valence-electron chi connectivity index (χ2n) is 7.30. The molecule has 0 aliphatic carbocycles. The van der Waals surface area contributed by atoms with E-state index < -0.39 is 5.60 Å². The van der Waals surface area contributed by atoms with E-state index >= 15 is 0 Å². The number of cyclic esters (lactones) is 1. The van der Waals surface area contributed by atoms with Gasteiger partial charge in [-0.3, -0.25) is 4.79 Å². The molecule has 140 valence electrons. The summed E-state index contributed by atoms with van der Waals surface area (Å²) in [6.07, 6.45) is 1.55. The number of ether oxygens (including phenoxy) is 2. The summed E-state index contributed by atoms with van der Waals surface area (Å²) in [6.45, 7) is 8.83. The number of carbonyl (C=O) groups is 1. The number of carbonyl (C=O) groups excluding carboxylic acids is 1. The van der Waals surface area contributed by atoms with E-state index in [-0.39, 0.29) is 11.9 Å². The fourth-order valence-corrected chi connectivity index (χ4v) is 4.16. The van der Waals surface area contributed by atoms with Crippen LogP contribution in [0.25, 0.3) is 0 Å². The Morgan fingerprint density at radius 2 is 2.12 bits per heavy atom. The van der Waals surface area contributed by atoms with Crippen LogP contribution in [0.5, 0.6) is 5.75 Å². The molecule has 1 aliphatic heterocycles. The van der Waals surface area contributed by atoms with E-state index in [9.17, 15) is 4.79 Å². The van der Waals surface area contributed by atoms with Crippen molar-refractivity contribution in [2.75, 3.05) is 11.9 Å². The van der Waals surface area contributed by atoms with Crippen molar-refractivity contribution in [3.63, 3.8) is 0 Å². The van der Waals surface area contributed by atoms with Gasteiger partial charge >= 0.3 is 5.97 Å². The molecular formula is C20H26N2O3S. The van der Waals surface area contributed by atoms with Crippen LogP contribution in [0.15, 0.2) is 29.6 Å². The number of benzene rings is 1. The Balaban J connectivity index is 1.68. The molecule has 26 heavy (non-hydrogen) atoms. The molecular weight excluding hydrogens is 348 g/mol. The molecule has 0 spiro atoms. The zero-order valence-corrected chi connectivity index (χ0v) is 16.6. The van der Waals surface area contributed by atoms with Crippen LogP contribution in [0.2, 0.25) is 0 Å². The van der Waals surface area contributed by atoms with Crippen LogP contribution in [0, 0.1) is 11.8 Å². The van der Waals surface area contributed by atoms with E-state index in [4.69, 9.17) is 9.47 Å². The van der Waals surface area contributed by atoms with Gasteiger partial charge in [0.1, 0.15) is 5.75 Å². The molecule has 2 heterocycles. The number of hydrogen-bond acceptors (Lipinski definition) is 6. The van der Waals surface area contributed by atoms with Gasteiger partial charge in [0.15, 0.2) is 10.7 Å². The van der Waals surface area contributed by atoms with Gasteiger partial charge in [0.2, 0.25) is 0 Å². The van der Waals surface area contributed by atoms with Crippen molar-refractivity contribution in [1.82, 2.24) is 4.98 Å². The predicted octanol–water partition coefficient (Wildman–Crippen LogP) is 5.11. The molecule has 2 unspecified atom stereocenters. The Hall–Kier alpha value is -2.08. The first-order valence-electron chi connectivity index (χ1n) is 9.08. The molecule has 2 aromatic rings. The minimum Gasteiger partial charge on any atom is -0.494 e. The maximum absolute atomic E-state index is 12.2. The Labute approximate surface area is 158 Å². The topological polar surface area (TPSA) is 60.5 Å². The van der Waals surface area contributed by atoms with Crippen molar-refractivity contribution in [2.45, 2.75) is 46.1 Å². The minimum absolute atomic E-state index is 0.0378. The van der Waals surface area contributed by atoms with Gasteiger partial charge in [-0.15, -0.1) is 11.3 Å². The zero-order valence-electron chi connectivity index (χ0n) is 15.7. The number of hydrogen-bond donors (Lipinski definition) is 1. The van der Waals surface area contributed by atoms with E-state index in [2.05, 4.69) is 24.1 Å². The summed E-state index contributed by atoms with van der Waals surface area (Å²) in [5.74, 6) is 1.18. The molecule has 0 saturated carbocycles. The summed E-state index contributed by atoms with van der Waals surface area (Å²) in [7, 11) is 0. The molecule has 1 aliphatic rings. The third-order valence-electron chi connectivity index (χ3n) is 4.51. The van der Waals surface area contributed by atoms with Crippen LogP contribution in [-0.2, 0) is 15.1 Å². The van der Waals surface area contributed by atoms with Crippen molar-refractivity contribution >= 4 is 28.1 Å². The number of nitrogens with one attached hydrogen (secondary N) is 1. The molecule has 6 heteroatoms. The van der Waals surface area contributed by atoms with Crippen molar-refractivity contribution in [1.29, 1.82) is 0 Å². The molecule has 1 aromatic carbocycles. The molecule has 1 fully saturated rings. The Morgan fingerprint density at radius 1 is 1.38 bits per heavy atom. The first kappa shape index (κ1) is 18.7. The third kappa shape index (κ3) is 4.18. The summed E-state index contributed by atoms with van der Waals surface area (Å²) in [4.78, 5) is 16.9. The summed E-state index contributed by atoms with van der Waals surface area (Å²) in [5.41, 5.74) is 1.13. The number of thiazole rings is 1. The van der Waals surface area contributed by atoms with E-state index in [1.807, 2.05) is 43.5 Å². The average Bonchev–Trinajstić information content (AvgIpc) is 3.15. The van der Waals surface area contributed by atoms with Gasteiger partial charge in [-0.25, -0.2) is 4.98 Å². The summed E-state index contributed by atoms with van der Waals surface area (Å²) >= 11 is 1.52. The fraction of sp³-hybridized carbons (Fsp3) is 0.500. The van der Waals surface area contributed by atoms with E-state index in [1.54, 1.807) is 0 Å². The Bertz CT molecular complexity index is 757. The largest absolute Gasteiger partial charge is 0.494 e. The quantitative estimate of drug-likeness (QED) is 0.683. The first-order chi connectivity index (χ1) is 12.4. The minimum atomic E-state index is -0.633. The lowest BCUT2D eigenvalue weighted by Crippen LogP contribution is -2.21. The summed E-state index contributed by atoms with van der Waals surface area (Å²) in [5, 5.41) is 6.06. The molecule has 1 aromatic heterocycles. The monoisotopic (exact) mass is 374 g/mol. The van der Waals surface area contributed by atoms with E-state index in [0.29, 0.717) is 18.9 Å². The van der Waals surface area contributed by atoms with Crippen molar-refractivity contribution in [3.8, 4) is 5.75 Å². The van der Waals surface area contributed by atoms with E-state index in [0.717, 1.165) is 28.7 Å². The highest BCUT2D eigenvalue weighted by Crippen LogP contribution is 2.42. The van der Waals surface area contributed by atoms with Crippen molar-refractivity contribution < 1.29 is 14.3 Å². The van der Waals surface area contributed by atoms with Crippen LogP contribution in [0.4, 0.5) is 10.8 Å². The van der Waals surface area contributed by atoms with Crippen LogP contribution < -0.4 is 10.1 Å². The average molecular weight is 375 g/mol. The SMILES string of the molecule is CCOc1ccc(Nc2nc(C3(C)CC(CC(C)C)C(=O)O3)cs2)cc1. The highest BCUT2D eigenvalue weighted by molar-refractivity contribution is 7.13. The van der Waals surface area contributed by atoms with Gasteiger partial charge in [-0.1, -0.05) is 13.8 Å². The van der Waals surface area contributed by atoms with Crippen molar-refractivity contribution in [3.05, 3.63) is 35.3 Å². The normalized spacial score (nSPS) is 22.5. The zero-order chi connectivity index (χ0) is 18.7. The molecule has 2 atom stereocenters. The maximum Gasteiger partial charge on any atom is 0.310 e. The molecule has 1 saturated heterocycles. The lowest BCUT2D eigenvalue weighted by Gasteiger charge is -2.20. The Kier molecular flexibility index (Phi) is 5.51. The predicted molar refractivity (Wildman–Crippen MR) is 104 cm³/mol. The van der Waals surface area contributed by atoms with Crippen molar-refractivity contribution in [2.24, 2.45) is 11.8 Å². The van der Waals surface area contributed by atoms with Crippen LogP contribution in [-0.4, -0.2) is 17.6 Å². The number of rotatable bonds is 7. The summed E-state index contributed by atoms with van der Waals surface area (Å²) < 4.78 is 11.2. The van der Waals surface area contributed by atoms with Crippen LogP contribution in [0.1, 0.15) is 46.2 Å². The number of anilines is 2. The van der Waals surface area contributed by atoms with Gasteiger partial charge in [0.25, 0.3) is 0 Å². The highest BCUT2D eigenvalue weighted by Gasteiger charge is 2.46. The van der Waals surface area contributed by atoms with Gasteiger partial charge in [0.05, 0.1) is 18.2 Å². The fourth-order valence-electron chi connectivity index (χ4n) is 3.30. The number of nitrogens with zero attached hydrogens (tertiary/aromatic N) is 1. The number of aromatic nitrogens is 1. The molecule has 5 nitrogen and oxygen atoms in total. The lowest BCUT2D eigenvalue weighted by atomic mass is 9.88. The molecule has 3 rings (SSSR count). The van der Waals surface area contributed by atoms with Crippen LogP contribution in [0.3, 0.4) is 0 Å². The smallest absolute Gasteiger partial charge is 0.310 e. The second kappa shape index (κ2) is 7.66. The first-order valence-corrected chi connectivity index (χ1v) is 9.96. The lowest BCUT2D eigenvalue weighted by molar-refractivity contribution is -0.150. The summed E-state index contributed by atoms with van der Waals surface area (Å²) in [6, 6.07) is 7.78. The second-order valence-corrected chi connectivity index (χ2v) is 8.16. The van der Waals surface area contributed by atoms with Gasteiger partial charge < -0.3 is 14.8 Å². The highest BCUT2D eigenvalue weighted by atomic mass is 32.1. The Morgan fingerprint density at radius 3 is 2.77 bits per heavy atom. The molecule has 1 N–H and O–H groups in total. The molecule has 0 bridgehead atoms. The van der Waals surface area contributed by atoms with Gasteiger partial charge in [-0.2, -0.15) is 0 Å². The van der Waals surface area contributed by atoms with E-state index in [1.165, 1.54) is 11.3 Å². The molecule has 0 amide bonds. The maximum atomic E-state index is 12.2. The van der Waals surface area contributed by atoms with Gasteiger partial charge in [0, 0.05) is 17.5 Å². The van der Waals surface area contributed by atoms with Crippen LogP contribution >= 0.6 is 11.3 Å². The third-order valence-corrected chi connectivity index (χ3v) is 5.27. The number of esters is 1.